The quantitative estimate of drug-likeness (QED) is 0.625. The zero-order valence-corrected chi connectivity index (χ0v) is 18.9. The van der Waals surface area contributed by atoms with Crippen molar-refractivity contribution in [1.82, 2.24) is 25.3 Å². The number of nitrogens with zero attached hydrogens (tertiary/aromatic N) is 4. The molecule has 3 aromatic rings. The van der Waals surface area contributed by atoms with Gasteiger partial charge in [-0.3, -0.25) is 10.00 Å². The maximum atomic E-state index is 10.6. The summed E-state index contributed by atoms with van der Waals surface area (Å²) in [6.45, 7) is 5.47. The van der Waals surface area contributed by atoms with Gasteiger partial charge in [-0.2, -0.15) is 5.10 Å². The van der Waals surface area contributed by atoms with Crippen molar-refractivity contribution in [3.05, 3.63) is 30.6 Å². The minimum absolute atomic E-state index is 0.0204. The molecule has 164 valence electrons. The molecule has 0 amide bonds. The second-order valence-corrected chi connectivity index (χ2v) is 10.1. The van der Waals surface area contributed by atoms with Crippen molar-refractivity contribution < 1.29 is 14.6 Å². The van der Waals surface area contributed by atoms with Crippen LogP contribution in [0.4, 0.5) is 0 Å². The number of phenolic OH excluding ortho intramolecular Hbond substituents is 1. The first-order valence-electron chi connectivity index (χ1n) is 10.4. The first kappa shape index (κ1) is 20.4. The Morgan fingerprint density at radius 2 is 2.03 bits per heavy atom. The SMILES string of the molecule is COC1[C@@H](Oc2nnc(-c3ccc(-c4cn[nH]c4)cc3O)s2)[C@@]2(C)CC[C@]1(C)N(C)C2. The van der Waals surface area contributed by atoms with Crippen LogP contribution in [0.25, 0.3) is 21.7 Å². The maximum absolute atomic E-state index is 10.6. The van der Waals surface area contributed by atoms with E-state index in [9.17, 15) is 5.11 Å². The fourth-order valence-electron chi connectivity index (χ4n) is 5.17. The lowest BCUT2D eigenvalue weighted by Gasteiger charge is -2.62. The van der Waals surface area contributed by atoms with Crippen molar-refractivity contribution in [3.63, 3.8) is 0 Å². The van der Waals surface area contributed by atoms with Crippen LogP contribution in [0.15, 0.2) is 30.6 Å². The van der Waals surface area contributed by atoms with E-state index in [1.807, 2.05) is 12.1 Å². The zero-order chi connectivity index (χ0) is 21.8. The van der Waals surface area contributed by atoms with Gasteiger partial charge in [0, 0.05) is 36.4 Å². The Hall–Kier alpha value is -2.49. The Balaban J connectivity index is 1.40. The average molecular weight is 442 g/mol. The molecular formula is C22H27N5O3S. The summed E-state index contributed by atoms with van der Waals surface area (Å²) in [5, 5.41) is 27.0. The normalized spacial score (nSPS) is 30.6. The number of aromatic hydroxyl groups is 1. The van der Waals surface area contributed by atoms with Gasteiger partial charge in [-0.1, -0.05) is 29.4 Å². The number of nitrogens with one attached hydrogen (secondary N) is 1. The molecule has 8 nitrogen and oxygen atoms in total. The number of hydrogen-bond donors (Lipinski definition) is 2. The van der Waals surface area contributed by atoms with Crippen LogP contribution in [0.1, 0.15) is 26.7 Å². The fraction of sp³-hybridized carbons (Fsp3) is 0.500. The third-order valence-electron chi connectivity index (χ3n) is 7.20. The lowest BCUT2D eigenvalue weighted by molar-refractivity contribution is -0.211. The van der Waals surface area contributed by atoms with Crippen molar-refractivity contribution in [2.24, 2.45) is 5.41 Å². The number of benzene rings is 1. The number of hydrogen-bond acceptors (Lipinski definition) is 8. The van der Waals surface area contributed by atoms with Crippen molar-refractivity contribution >= 4 is 11.3 Å². The number of fused-ring (bicyclic) bond motifs is 3. The number of methoxy groups -OCH3 is 1. The highest BCUT2D eigenvalue weighted by molar-refractivity contribution is 7.16. The van der Waals surface area contributed by atoms with Gasteiger partial charge in [0.25, 0.3) is 5.19 Å². The van der Waals surface area contributed by atoms with Gasteiger partial charge in [0.05, 0.1) is 11.8 Å². The van der Waals surface area contributed by atoms with E-state index in [2.05, 4.69) is 46.2 Å². The summed E-state index contributed by atoms with van der Waals surface area (Å²) in [6, 6.07) is 5.49. The van der Waals surface area contributed by atoms with E-state index >= 15 is 0 Å². The van der Waals surface area contributed by atoms with Crippen molar-refractivity contribution in [2.45, 2.75) is 44.4 Å². The largest absolute Gasteiger partial charge is 0.507 e. The Kier molecular flexibility index (Phi) is 4.80. The van der Waals surface area contributed by atoms with Crippen LogP contribution < -0.4 is 4.74 Å². The van der Waals surface area contributed by atoms with E-state index < -0.39 is 0 Å². The summed E-state index contributed by atoms with van der Waals surface area (Å²) >= 11 is 1.34. The first-order valence-corrected chi connectivity index (χ1v) is 11.2. The van der Waals surface area contributed by atoms with E-state index in [-0.39, 0.29) is 28.9 Å². The third kappa shape index (κ3) is 3.22. The van der Waals surface area contributed by atoms with Crippen LogP contribution in [0.3, 0.4) is 0 Å². The molecule has 6 rings (SSSR count). The molecule has 2 aliphatic heterocycles. The highest BCUT2D eigenvalue weighted by Crippen LogP contribution is 2.52. The Labute approximate surface area is 185 Å². The van der Waals surface area contributed by atoms with Gasteiger partial charge in [-0.15, -0.1) is 5.10 Å². The minimum atomic E-state index is -0.106. The van der Waals surface area contributed by atoms with Gasteiger partial charge in [-0.25, -0.2) is 0 Å². The first-order chi connectivity index (χ1) is 14.8. The molecule has 2 N–H and O–H groups in total. The number of piperidine rings is 2. The maximum Gasteiger partial charge on any atom is 0.294 e. The molecule has 2 bridgehead atoms. The Morgan fingerprint density at radius 1 is 1.19 bits per heavy atom. The van der Waals surface area contributed by atoms with Crippen LogP contribution in [0.2, 0.25) is 0 Å². The summed E-state index contributed by atoms with van der Waals surface area (Å²) in [6.07, 6.45) is 5.50. The van der Waals surface area contributed by atoms with Gasteiger partial charge in [0.2, 0.25) is 0 Å². The molecular weight excluding hydrogens is 414 g/mol. The van der Waals surface area contributed by atoms with E-state index in [4.69, 9.17) is 9.47 Å². The van der Waals surface area contributed by atoms with Gasteiger partial charge in [0.1, 0.15) is 18.0 Å². The summed E-state index contributed by atoms with van der Waals surface area (Å²) in [5.74, 6) is 0.147. The molecule has 0 radical (unpaired) electrons. The number of phenols is 1. The van der Waals surface area contributed by atoms with Crippen LogP contribution in [0.5, 0.6) is 10.9 Å². The van der Waals surface area contributed by atoms with E-state index in [0.717, 1.165) is 30.5 Å². The molecule has 4 atom stereocenters. The lowest BCUT2D eigenvalue weighted by atomic mass is 9.60. The number of likely N-dealkylation sites (N-methyl/N-ethyl adjacent to an activating group) is 1. The van der Waals surface area contributed by atoms with E-state index in [0.29, 0.717) is 15.8 Å². The zero-order valence-electron chi connectivity index (χ0n) is 18.1. The molecule has 4 heterocycles. The predicted octanol–water partition coefficient (Wildman–Crippen LogP) is 3.57. The number of rotatable bonds is 5. The fourth-order valence-corrected chi connectivity index (χ4v) is 5.93. The highest BCUT2D eigenvalue weighted by atomic mass is 32.1. The van der Waals surface area contributed by atoms with Gasteiger partial charge >= 0.3 is 0 Å². The predicted molar refractivity (Wildman–Crippen MR) is 118 cm³/mol. The number of aromatic nitrogens is 4. The minimum Gasteiger partial charge on any atom is -0.507 e. The average Bonchev–Trinajstić information content (AvgIpc) is 3.43. The second-order valence-electron chi connectivity index (χ2n) is 9.15. The highest BCUT2D eigenvalue weighted by Gasteiger charge is 2.61. The van der Waals surface area contributed by atoms with Crippen LogP contribution in [0, 0.1) is 5.41 Å². The Morgan fingerprint density at radius 3 is 2.71 bits per heavy atom. The topological polar surface area (TPSA) is 96.4 Å². The van der Waals surface area contributed by atoms with Crippen molar-refractivity contribution in [3.8, 4) is 32.6 Å². The van der Waals surface area contributed by atoms with Crippen molar-refractivity contribution in [2.75, 3.05) is 20.7 Å². The van der Waals surface area contributed by atoms with Crippen molar-refractivity contribution in [1.29, 1.82) is 0 Å². The summed E-state index contributed by atoms with van der Waals surface area (Å²) in [7, 11) is 3.92. The molecule has 1 aliphatic carbocycles. The van der Waals surface area contributed by atoms with E-state index in [1.54, 1.807) is 25.6 Å². The summed E-state index contributed by atoms with van der Waals surface area (Å²) < 4.78 is 12.4. The van der Waals surface area contributed by atoms with Gasteiger partial charge in [-0.05, 0) is 44.5 Å². The van der Waals surface area contributed by atoms with E-state index in [1.165, 1.54) is 11.3 Å². The molecule has 0 spiro atoms. The number of ether oxygens (including phenoxy) is 2. The number of H-pyrrole nitrogens is 1. The van der Waals surface area contributed by atoms with Gasteiger partial charge in [0.15, 0.2) is 5.01 Å². The lowest BCUT2D eigenvalue weighted by Crippen LogP contribution is -2.74. The van der Waals surface area contributed by atoms with Crippen LogP contribution >= 0.6 is 11.3 Å². The van der Waals surface area contributed by atoms with Crippen LogP contribution in [-0.2, 0) is 4.74 Å². The molecule has 2 saturated heterocycles. The molecule has 3 aliphatic rings. The molecule has 3 fully saturated rings. The monoisotopic (exact) mass is 441 g/mol. The molecule has 1 saturated carbocycles. The summed E-state index contributed by atoms with van der Waals surface area (Å²) in [4.78, 5) is 2.40. The van der Waals surface area contributed by atoms with Crippen LogP contribution in [-0.4, -0.2) is 68.9 Å². The smallest absolute Gasteiger partial charge is 0.294 e. The second kappa shape index (κ2) is 7.29. The Bertz CT molecular complexity index is 1090. The summed E-state index contributed by atoms with van der Waals surface area (Å²) in [5.41, 5.74) is 2.33. The molecule has 9 heteroatoms. The molecule has 1 unspecified atom stereocenters. The molecule has 2 aromatic heterocycles. The molecule has 31 heavy (non-hydrogen) atoms. The number of aromatic amines is 1. The standard InChI is InChI=1S/C22H27N5O3S/c1-21-7-8-22(2,27(3)12-21)18(29-4)17(21)30-20-26-25-19(31-20)15-6-5-13(9-16(15)28)14-10-23-24-11-14/h5-6,9-11,17-18,28H,7-8,12H2,1-4H3,(H,23,24)/t17-,18?,21+,22+/m1/s1. The molecule has 1 aromatic carbocycles. The van der Waals surface area contributed by atoms with Gasteiger partial charge < -0.3 is 14.6 Å². The third-order valence-corrected chi connectivity index (χ3v) is 8.04.